The molecule has 0 aliphatic heterocycles. The lowest BCUT2D eigenvalue weighted by Crippen LogP contribution is -2.10. The smallest absolute Gasteiger partial charge is 0.240 e. The first-order valence-corrected chi connectivity index (χ1v) is 6.28. The van der Waals surface area contributed by atoms with Crippen LogP contribution in [0.3, 0.4) is 0 Å². The molecular formula is C12H13BrN4O. The Morgan fingerprint density at radius 3 is 2.89 bits per heavy atom. The molecule has 5 nitrogen and oxygen atoms in total. The van der Waals surface area contributed by atoms with Crippen molar-refractivity contribution in [3.8, 4) is 11.6 Å². The molecule has 2 aromatic rings. The molecule has 1 heterocycles. The van der Waals surface area contributed by atoms with Crippen molar-refractivity contribution in [2.24, 2.45) is 5.84 Å². The van der Waals surface area contributed by atoms with Gasteiger partial charge in [0.25, 0.3) is 0 Å². The first-order valence-electron chi connectivity index (χ1n) is 5.49. The van der Waals surface area contributed by atoms with E-state index in [1.54, 1.807) is 6.20 Å². The summed E-state index contributed by atoms with van der Waals surface area (Å²) in [5.41, 5.74) is 3.50. The average molecular weight is 309 g/mol. The Kier molecular flexibility index (Phi) is 4.11. The van der Waals surface area contributed by atoms with Gasteiger partial charge in [-0.05, 0) is 34.0 Å². The van der Waals surface area contributed by atoms with Crippen LogP contribution in [0.4, 0.5) is 5.95 Å². The Bertz CT molecular complexity index is 547. The lowest BCUT2D eigenvalue weighted by molar-refractivity contribution is 0.453. The van der Waals surface area contributed by atoms with Crippen molar-refractivity contribution >= 4 is 21.9 Å². The lowest BCUT2D eigenvalue weighted by atomic mass is 10.1. The van der Waals surface area contributed by atoms with Crippen LogP contribution in [0.5, 0.6) is 11.6 Å². The molecule has 0 aliphatic rings. The Labute approximate surface area is 113 Å². The van der Waals surface area contributed by atoms with Crippen LogP contribution in [0.15, 0.2) is 34.9 Å². The highest BCUT2D eigenvalue weighted by molar-refractivity contribution is 9.10. The maximum absolute atomic E-state index is 5.78. The fourth-order valence-corrected chi connectivity index (χ4v) is 1.76. The summed E-state index contributed by atoms with van der Waals surface area (Å²) in [6.07, 6.45) is 2.48. The maximum atomic E-state index is 5.78. The third-order valence-electron chi connectivity index (χ3n) is 2.40. The first kappa shape index (κ1) is 12.8. The summed E-state index contributed by atoms with van der Waals surface area (Å²) in [6, 6.07) is 7.83. The summed E-state index contributed by atoms with van der Waals surface area (Å²) < 4.78 is 6.45. The van der Waals surface area contributed by atoms with Gasteiger partial charge in [0, 0.05) is 0 Å². The molecule has 3 N–H and O–H groups in total. The van der Waals surface area contributed by atoms with Gasteiger partial charge >= 0.3 is 0 Å². The average Bonchev–Trinajstić information content (AvgIpc) is 2.42. The molecule has 0 saturated heterocycles. The lowest BCUT2D eigenvalue weighted by Gasteiger charge is -2.10. The Balaban J connectivity index is 2.33. The van der Waals surface area contributed by atoms with E-state index in [9.17, 15) is 0 Å². The van der Waals surface area contributed by atoms with Gasteiger partial charge in [0.1, 0.15) is 5.75 Å². The number of nitrogens with zero attached hydrogens (tertiary/aromatic N) is 2. The van der Waals surface area contributed by atoms with E-state index in [-0.39, 0.29) is 0 Å². The highest BCUT2D eigenvalue weighted by Crippen LogP contribution is 2.29. The van der Waals surface area contributed by atoms with Crippen LogP contribution >= 0.6 is 15.9 Å². The van der Waals surface area contributed by atoms with Gasteiger partial charge in [-0.2, -0.15) is 4.98 Å². The van der Waals surface area contributed by atoms with Crippen LogP contribution in [0.25, 0.3) is 0 Å². The van der Waals surface area contributed by atoms with Gasteiger partial charge in [0.2, 0.25) is 11.8 Å². The molecule has 0 amide bonds. The normalized spacial score (nSPS) is 10.2. The van der Waals surface area contributed by atoms with Crippen LogP contribution in [-0.4, -0.2) is 9.97 Å². The number of ether oxygens (including phenoxy) is 1. The quantitative estimate of drug-likeness (QED) is 0.671. The van der Waals surface area contributed by atoms with Gasteiger partial charge in [-0.15, -0.1) is 0 Å². The van der Waals surface area contributed by atoms with E-state index in [4.69, 9.17) is 10.6 Å². The predicted octanol–water partition coefficient (Wildman–Crippen LogP) is 2.88. The standard InChI is InChI=1S/C12H13BrN4O/c1-2-8-5-3-4-6-10(8)18-11-9(13)7-15-12(16-11)17-14/h3-7H,2,14H2,1H3,(H,15,16,17). The van der Waals surface area contributed by atoms with Crippen LogP contribution in [0.1, 0.15) is 12.5 Å². The highest BCUT2D eigenvalue weighted by atomic mass is 79.9. The first-order chi connectivity index (χ1) is 8.74. The molecule has 0 fully saturated rings. The Morgan fingerprint density at radius 2 is 2.17 bits per heavy atom. The number of anilines is 1. The molecule has 0 aliphatic carbocycles. The van der Waals surface area contributed by atoms with Crippen LogP contribution in [0, 0.1) is 0 Å². The van der Waals surface area contributed by atoms with E-state index >= 15 is 0 Å². The number of hydrogen-bond donors (Lipinski definition) is 2. The largest absolute Gasteiger partial charge is 0.437 e. The maximum Gasteiger partial charge on any atom is 0.240 e. The van der Waals surface area contributed by atoms with Gasteiger partial charge in [0.15, 0.2) is 0 Å². The molecule has 0 saturated carbocycles. The van der Waals surface area contributed by atoms with E-state index in [1.165, 1.54) is 0 Å². The predicted molar refractivity (Wildman–Crippen MR) is 73.4 cm³/mol. The van der Waals surface area contributed by atoms with Crippen molar-refractivity contribution in [2.45, 2.75) is 13.3 Å². The second-order valence-corrected chi connectivity index (χ2v) is 4.41. The van der Waals surface area contributed by atoms with E-state index in [1.807, 2.05) is 24.3 Å². The fourth-order valence-electron chi connectivity index (χ4n) is 1.49. The summed E-state index contributed by atoms with van der Waals surface area (Å²) in [7, 11) is 0. The van der Waals surface area contributed by atoms with E-state index < -0.39 is 0 Å². The minimum atomic E-state index is 0.308. The number of hydrogen-bond acceptors (Lipinski definition) is 5. The van der Waals surface area contributed by atoms with Crippen LogP contribution < -0.4 is 16.0 Å². The molecule has 94 valence electrons. The van der Waals surface area contributed by atoms with Gasteiger partial charge in [-0.25, -0.2) is 10.8 Å². The van der Waals surface area contributed by atoms with Crippen LogP contribution in [-0.2, 0) is 6.42 Å². The summed E-state index contributed by atoms with van der Waals surface area (Å²) in [6.45, 7) is 2.07. The summed E-state index contributed by atoms with van der Waals surface area (Å²) in [5, 5.41) is 0. The van der Waals surface area contributed by atoms with E-state index in [0.717, 1.165) is 17.7 Å². The zero-order valence-electron chi connectivity index (χ0n) is 9.85. The monoisotopic (exact) mass is 308 g/mol. The SMILES string of the molecule is CCc1ccccc1Oc1nc(NN)ncc1Br. The molecular weight excluding hydrogens is 296 g/mol. The number of hydrazine groups is 1. The molecule has 0 bridgehead atoms. The molecule has 0 atom stereocenters. The number of halogens is 1. The van der Waals surface area contributed by atoms with Crippen molar-refractivity contribution in [3.63, 3.8) is 0 Å². The number of para-hydroxylation sites is 1. The minimum absolute atomic E-state index is 0.308. The second-order valence-electron chi connectivity index (χ2n) is 3.55. The summed E-state index contributed by atoms with van der Waals surface area (Å²) in [5.74, 6) is 6.79. The molecule has 2 rings (SSSR count). The van der Waals surface area contributed by atoms with E-state index in [2.05, 4.69) is 38.2 Å². The number of benzene rings is 1. The number of rotatable bonds is 4. The second kappa shape index (κ2) is 5.79. The number of aryl methyl sites for hydroxylation is 1. The molecule has 0 radical (unpaired) electrons. The van der Waals surface area contributed by atoms with Crippen LogP contribution in [0.2, 0.25) is 0 Å². The third-order valence-corrected chi connectivity index (χ3v) is 2.95. The molecule has 0 spiro atoms. The van der Waals surface area contributed by atoms with Gasteiger partial charge in [0.05, 0.1) is 10.7 Å². The Morgan fingerprint density at radius 1 is 1.39 bits per heavy atom. The minimum Gasteiger partial charge on any atom is -0.437 e. The zero-order valence-corrected chi connectivity index (χ0v) is 11.4. The van der Waals surface area contributed by atoms with Crippen molar-refractivity contribution in [2.75, 3.05) is 5.43 Å². The molecule has 1 aromatic heterocycles. The van der Waals surface area contributed by atoms with Crippen molar-refractivity contribution in [1.82, 2.24) is 9.97 Å². The van der Waals surface area contributed by atoms with E-state index in [0.29, 0.717) is 16.3 Å². The number of nitrogens with two attached hydrogens (primary N) is 1. The number of nitrogen functional groups attached to an aromatic ring is 1. The topological polar surface area (TPSA) is 73.1 Å². The highest BCUT2D eigenvalue weighted by Gasteiger charge is 2.09. The number of nitrogens with one attached hydrogen (secondary N) is 1. The van der Waals surface area contributed by atoms with Gasteiger partial charge in [-0.1, -0.05) is 25.1 Å². The molecule has 6 heteroatoms. The van der Waals surface area contributed by atoms with Crippen molar-refractivity contribution < 1.29 is 4.74 Å². The van der Waals surface area contributed by atoms with Gasteiger partial charge < -0.3 is 4.74 Å². The summed E-state index contributed by atoms with van der Waals surface area (Å²) >= 11 is 3.34. The Hall–Kier alpha value is -1.66. The van der Waals surface area contributed by atoms with Crippen molar-refractivity contribution in [1.29, 1.82) is 0 Å². The fraction of sp³-hybridized carbons (Fsp3) is 0.167. The van der Waals surface area contributed by atoms with Gasteiger partial charge in [-0.3, -0.25) is 5.43 Å². The third kappa shape index (κ3) is 2.77. The van der Waals surface area contributed by atoms with Crippen molar-refractivity contribution in [3.05, 3.63) is 40.5 Å². The zero-order chi connectivity index (χ0) is 13.0. The summed E-state index contributed by atoms with van der Waals surface area (Å²) in [4.78, 5) is 8.11. The number of aromatic nitrogens is 2. The molecule has 0 unspecified atom stereocenters. The molecule has 18 heavy (non-hydrogen) atoms. The molecule has 1 aromatic carbocycles.